The fraction of sp³-hybridized carbons (Fsp3) is 0.318. The highest BCUT2D eigenvalue weighted by Crippen LogP contribution is 2.30. The van der Waals surface area contributed by atoms with Gasteiger partial charge in [-0.2, -0.15) is 24.9 Å². The quantitative estimate of drug-likeness (QED) is 0.433. The summed E-state index contributed by atoms with van der Waals surface area (Å²) in [6.45, 7) is -0.261. The Morgan fingerprint density at radius 3 is 2.29 bits per heavy atom. The van der Waals surface area contributed by atoms with Crippen LogP contribution in [-0.2, 0) is 16.1 Å². The van der Waals surface area contributed by atoms with Crippen LogP contribution in [0.3, 0.4) is 0 Å². The van der Waals surface area contributed by atoms with E-state index in [2.05, 4.69) is 0 Å². The number of alkyl halides is 3. The molecule has 0 aromatic heterocycles. The summed E-state index contributed by atoms with van der Waals surface area (Å²) in [6, 6.07) is 6.79. The Kier molecular flexibility index (Phi) is 8.60. The second-order valence-electron chi connectivity index (χ2n) is 7.62. The van der Waals surface area contributed by atoms with Crippen LogP contribution in [0.5, 0.6) is 0 Å². The highest BCUT2D eigenvalue weighted by Gasteiger charge is 2.39. The van der Waals surface area contributed by atoms with Crippen molar-refractivity contribution >= 4 is 46.8 Å². The first-order chi connectivity index (χ1) is 16.5. The third-order valence-electron chi connectivity index (χ3n) is 5.24. The number of nitrogens with one attached hydrogen (secondary N) is 2. The van der Waals surface area contributed by atoms with Crippen molar-refractivity contribution < 1.29 is 36.3 Å². The number of anilines is 1. The Balaban J connectivity index is 1.81. The Hall–Kier alpha value is -2.86. The van der Waals surface area contributed by atoms with Gasteiger partial charge in [-0.3, -0.25) is 25.2 Å². The maximum atomic E-state index is 14.8. The number of thioether (sulfide) groups is 1. The SMILES string of the molecule is O=C(NNC(=O)C(F)(F)F)c1ccc(CN(C(=O)C2CCSCC2)c2ccc(F)c(Cl)c2)c(F)c1. The number of hydrogen-bond acceptors (Lipinski definition) is 4. The van der Waals surface area contributed by atoms with Crippen molar-refractivity contribution in [2.24, 2.45) is 5.92 Å². The van der Waals surface area contributed by atoms with Crippen molar-refractivity contribution in [3.8, 4) is 0 Å². The van der Waals surface area contributed by atoms with Gasteiger partial charge in [-0.15, -0.1) is 0 Å². The van der Waals surface area contributed by atoms with Gasteiger partial charge < -0.3 is 4.90 Å². The van der Waals surface area contributed by atoms with E-state index < -0.39 is 29.6 Å². The summed E-state index contributed by atoms with van der Waals surface area (Å²) in [4.78, 5) is 37.4. The average molecular weight is 536 g/mol. The van der Waals surface area contributed by atoms with Crippen LogP contribution in [-0.4, -0.2) is 35.4 Å². The van der Waals surface area contributed by atoms with E-state index in [0.717, 1.165) is 29.7 Å². The molecule has 2 aromatic rings. The topological polar surface area (TPSA) is 78.5 Å². The molecule has 188 valence electrons. The highest BCUT2D eigenvalue weighted by atomic mass is 35.5. The van der Waals surface area contributed by atoms with E-state index in [-0.39, 0.29) is 40.2 Å². The molecule has 1 saturated heterocycles. The number of amides is 3. The van der Waals surface area contributed by atoms with Crippen molar-refractivity contribution in [1.29, 1.82) is 0 Å². The molecule has 0 aliphatic carbocycles. The summed E-state index contributed by atoms with van der Waals surface area (Å²) in [5.41, 5.74) is 2.63. The van der Waals surface area contributed by atoms with Crippen molar-refractivity contribution in [3.63, 3.8) is 0 Å². The van der Waals surface area contributed by atoms with Gasteiger partial charge in [0.15, 0.2) is 0 Å². The van der Waals surface area contributed by atoms with E-state index in [1.807, 2.05) is 0 Å². The summed E-state index contributed by atoms with van der Waals surface area (Å²) in [5, 5.41) is -0.215. The number of benzene rings is 2. The van der Waals surface area contributed by atoms with Gasteiger partial charge in [-0.1, -0.05) is 17.7 Å². The predicted molar refractivity (Wildman–Crippen MR) is 121 cm³/mol. The lowest BCUT2D eigenvalue weighted by Gasteiger charge is -2.29. The van der Waals surface area contributed by atoms with Crippen LogP contribution in [0.4, 0.5) is 27.6 Å². The van der Waals surface area contributed by atoms with Crippen molar-refractivity contribution in [2.75, 3.05) is 16.4 Å². The maximum absolute atomic E-state index is 14.8. The van der Waals surface area contributed by atoms with Crippen molar-refractivity contribution in [1.82, 2.24) is 10.9 Å². The van der Waals surface area contributed by atoms with E-state index >= 15 is 0 Å². The zero-order valence-corrected chi connectivity index (χ0v) is 19.5. The van der Waals surface area contributed by atoms with Gasteiger partial charge in [-0.05, 0) is 54.7 Å². The van der Waals surface area contributed by atoms with E-state index in [9.17, 15) is 36.3 Å². The van der Waals surface area contributed by atoms with Gasteiger partial charge in [0.05, 0.1) is 11.6 Å². The van der Waals surface area contributed by atoms with E-state index in [1.54, 1.807) is 17.2 Å². The van der Waals surface area contributed by atoms with Gasteiger partial charge in [0.25, 0.3) is 5.91 Å². The molecule has 1 aliphatic rings. The third-order valence-corrected chi connectivity index (χ3v) is 6.58. The van der Waals surface area contributed by atoms with Crippen LogP contribution >= 0.6 is 23.4 Å². The van der Waals surface area contributed by atoms with Gasteiger partial charge in [0.1, 0.15) is 11.6 Å². The fourth-order valence-electron chi connectivity index (χ4n) is 3.36. The average Bonchev–Trinajstić information content (AvgIpc) is 2.82. The molecule has 0 bridgehead atoms. The molecular weight excluding hydrogens is 517 g/mol. The Labute approximate surface area is 206 Å². The summed E-state index contributed by atoms with van der Waals surface area (Å²) in [6.07, 6.45) is -3.96. The van der Waals surface area contributed by atoms with E-state index in [0.29, 0.717) is 12.8 Å². The number of halogens is 6. The Morgan fingerprint density at radius 1 is 1.00 bits per heavy atom. The summed E-state index contributed by atoms with van der Waals surface area (Å²) < 4.78 is 65.3. The predicted octanol–water partition coefficient (Wildman–Crippen LogP) is 4.62. The molecule has 3 amide bonds. The molecule has 1 fully saturated rings. The zero-order chi connectivity index (χ0) is 25.8. The summed E-state index contributed by atoms with van der Waals surface area (Å²) >= 11 is 7.60. The standard InChI is InChI=1S/C22H19ClF5N3O3S/c23-16-10-15(3-4-17(16)24)31(20(33)12-5-7-35-8-6-12)11-14-2-1-13(9-18(14)25)19(32)29-30-21(34)22(26,27)28/h1-4,9-10,12H,5-8,11H2,(H,29,32)(H,30,34). The summed E-state index contributed by atoms with van der Waals surface area (Å²) in [7, 11) is 0. The molecule has 3 rings (SSSR count). The number of hydrazine groups is 1. The van der Waals surface area contributed by atoms with Crippen LogP contribution in [0.25, 0.3) is 0 Å². The molecule has 0 saturated carbocycles. The van der Waals surface area contributed by atoms with Crippen molar-refractivity contribution in [2.45, 2.75) is 25.6 Å². The minimum Gasteiger partial charge on any atom is -0.308 e. The zero-order valence-electron chi connectivity index (χ0n) is 17.9. The van der Waals surface area contributed by atoms with Gasteiger partial charge >= 0.3 is 12.1 Å². The van der Waals surface area contributed by atoms with Crippen LogP contribution in [0.1, 0.15) is 28.8 Å². The first-order valence-electron chi connectivity index (χ1n) is 10.3. The van der Waals surface area contributed by atoms with Crippen LogP contribution in [0, 0.1) is 17.6 Å². The fourth-order valence-corrected chi connectivity index (χ4v) is 4.64. The van der Waals surface area contributed by atoms with Crippen molar-refractivity contribution in [3.05, 3.63) is 64.2 Å². The smallest absolute Gasteiger partial charge is 0.308 e. The van der Waals surface area contributed by atoms with Crippen LogP contribution < -0.4 is 15.8 Å². The Bertz CT molecular complexity index is 1130. The first kappa shape index (κ1) is 26.7. The lowest BCUT2D eigenvalue weighted by Crippen LogP contribution is -2.47. The minimum atomic E-state index is -5.21. The largest absolute Gasteiger partial charge is 0.472 e. The van der Waals surface area contributed by atoms with E-state index in [1.165, 1.54) is 28.5 Å². The number of hydrogen-bond donors (Lipinski definition) is 2. The molecule has 2 N–H and O–H groups in total. The van der Waals surface area contributed by atoms with Crippen LogP contribution in [0.15, 0.2) is 36.4 Å². The molecule has 0 radical (unpaired) electrons. The molecule has 1 heterocycles. The molecule has 1 aliphatic heterocycles. The first-order valence-corrected chi connectivity index (χ1v) is 11.8. The second-order valence-corrected chi connectivity index (χ2v) is 9.25. The molecule has 35 heavy (non-hydrogen) atoms. The lowest BCUT2D eigenvalue weighted by molar-refractivity contribution is -0.174. The molecule has 2 aromatic carbocycles. The van der Waals surface area contributed by atoms with Gasteiger partial charge in [-0.25, -0.2) is 8.78 Å². The number of rotatable bonds is 5. The molecule has 6 nitrogen and oxygen atoms in total. The maximum Gasteiger partial charge on any atom is 0.472 e. The molecule has 0 atom stereocenters. The van der Waals surface area contributed by atoms with Crippen LogP contribution in [0.2, 0.25) is 5.02 Å². The summed E-state index contributed by atoms with van der Waals surface area (Å²) in [5.74, 6) is -4.19. The minimum absolute atomic E-state index is 0.000131. The molecule has 0 unspecified atom stereocenters. The number of nitrogens with zero attached hydrogens (tertiary/aromatic N) is 1. The normalized spacial score (nSPS) is 14.3. The number of carbonyl (C=O) groups is 3. The van der Waals surface area contributed by atoms with Gasteiger partial charge in [0, 0.05) is 22.7 Å². The lowest BCUT2D eigenvalue weighted by atomic mass is 10.00. The molecule has 13 heteroatoms. The van der Waals surface area contributed by atoms with Gasteiger partial charge in [0.2, 0.25) is 5.91 Å². The molecule has 0 spiro atoms. The number of carbonyl (C=O) groups excluding carboxylic acids is 3. The monoisotopic (exact) mass is 535 g/mol. The second kappa shape index (κ2) is 11.3. The Morgan fingerprint density at radius 2 is 1.69 bits per heavy atom. The highest BCUT2D eigenvalue weighted by molar-refractivity contribution is 7.99. The molecular formula is C22H19ClF5N3O3S. The third kappa shape index (κ3) is 6.85. The van der Waals surface area contributed by atoms with E-state index in [4.69, 9.17) is 11.6 Å².